The Kier molecular flexibility index (Phi) is 8.95. The summed E-state index contributed by atoms with van der Waals surface area (Å²) in [6.07, 6.45) is 2.40. The summed E-state index contributed by atoms with van der Waals surface area (Å²) in [5, 5.41) is 3.60. The van der Waals surface area contributed by atoms with Gasteiger partial charge >= 0.3 is 0 Å². The first-order valence-corrected chi connectivity index (χ1v) is 10.9. The average molecular weight is 538 g/mol. The summed E-state index contributed by atoms with van der Waals surface area (Å²) in [6, 6.07) is 17.3. The maximum Gasteiger partial charge on any atom is 0.193 e. The molecule has 2 atom stereocenters. The number of hydrogen-bond donors (Lipinski definition) is 1. The van der Waals surface area contributed by atoms with Crippen LogP contribution in [0.3, 0.4) is 0 Å². The highest BCUT2D eigenvalue weighted by Gasteiger charge is 2.28. The van der Waals surface area contributed by atoms with Gasteiger partial charge in [0.05, 0.1) is 6.10 Å². The van der Waals surface area contributed by atoms with Crippen molar-refractivity contribution >= 4 is 35.6 Å². The van der Waals surface area contributed by atoms with Crippen LogP contribution in [0.25, 0.3) is 0 Å². The molecule has 2 saturated heterocycles. The molecule has 5 nitrogen and oxygen atoms in total. The summed E-state index contributed by atoms with van der Waals surface area (Å²) in [6.45, 7) is 5.25. The van der Waals surface area contributed by atoms with Crippen molar-refractivity contribution in [2.45, 2.75) is 18.9 Å². The molecule has 2 fully saturated rings. The molecule has 2 aliphatic rings. The summed E-state index contributed by atoms with van der Waals surface area (Å²) >= 11 is 0. The third-order valence-electron chi connectivity index (χ3n) is 6.08. The molecule has 168 valence electrons. The maximum atomic E-state index is 13.2. The van der Waals surface area contributed by atoms with E-state index < -0.39 is 0 Å². The summed E-state index contributed by atoms with van der Waals surface area (Å²) in [7, 11) is 1.85. The number of hydrogen-bond acceptors (Lipinski definition) is 3. The highest BCUT2D eigenvalue weighted by atomic mass is 127. The van der Waals surface area contributed by atoms with E-state index in [2.05, 4.69) is 44.4 Å². The van der Waals surface area contributed by atoms with Crippen molar-refractivity contribution in [2.24, 2.45) is 10.9 Å². The normalized spacial score (nSPS) is 22.1. The molecule has 0 radical (unpaired) electrons. The Labute approximate surface area is 201 Å². The number of anilines is 1. The van der Waals surface area contributed by atoms with Gasteiger partial charge in [0, 0.05) is 58.0 Å². The zero-order chi connectivity index (χ0) is 20.8. The van der Waals surface area contributed by atoms with Gasteiger partial charge in [-0.05, 0) is 42.7 Å². The number of nitrogens with zero attached hydrogens (tertiary/aromatic N) is 3. The minimum atomic E-state index is -0.192. The summed E-state index contributed by atoms with van der Waals surface area (Å²) in [4.78, 5) is 9.13. The van der Waals surface area contributed by atoms with Crippen molar-refractivity contribution in [3.8, 4) is 0 Å². The van der Waals surface area contributed by atoms with Crippen molar-refractivity contribution in [3.05, 3.63) is 66.0 Å². The Morgan fingerprint density at radius 3 is 2.45 bits per heavy atom. The number of nitrogens with one attached hydrogen (secondary N) is 1. The molecular weight excluding hydrogens is 506 g/mol. The van der Waals surface area contributed by atoms with E-state index in [9.17, 15) is 4.39 Å². The van der Waals surface area contributed by atoms with Crippen LogP contribution in [-0.4, -0.2) is 57.2 Å². The first-order valence-electron chi connectivity index (χ1n) is 10.9. The van der Waals surface area contributed by atoms with Crippen LogP contribution in [0.15, 0.2) is 59.6 Å². The van der Waals surface area contributed by atoms with Crippen LogP contribution in [0.1, 0.15) is 24.5 Å². The lowest BCUT2D eigenvalue weighted by molar-refractivity contribution is -0.0266. The second-order valence-corrected chi connectivity index (χ2v) is 7.98. The molecule has 4 rings (SSSR count). The van der Waals surface area contributed by atoms with E-state index in [4.69, 9.17) is 4.74 Å². The van der Waals surface area contributed by atoms with Crippen molar-refractivity contribution in [1.82, 2.24) is 10.2 Å². The predicted octanol–water partition coefficient (Wildman–Crippen LogP) is 4.31. The molecule has 0 amide bonds. The number of aliphatic imine (C=N–C) groups is 1. The van der Waals surface area contributed by atoms with Crippen LogP contribution < -0.4 is 10.2 Å². The summed E-state index contributed by atoms with van der Waals surface area (Å²) in [5.41, 5.74) is 2.33. The molecular formula is C24H32FIN4O. The second kappa shape index (κ2) is 11.7. The fourth-order valence-electron chi connectivity index (χ4n) is 4.45. The summed E-state index contributed by atoms with van der Waals surface area (Å²) in [5.74, 6) is 1.19. The average Bonchev–Trinajstić information content (AvgIpc) is 2.81. The smallest absolute Gasteiger partial charge is 0.193 e. The van der Waals surface area contributed by atoms with Gasteiger partial charge in [0.15, 0.2) is 5.96 Å². The van der Waals surface area contributed by atoms with Gasteiger partial charge in [-0.3, -0.25) is 4.99 Å². The summed E-state index contributed by atoms with van der Waals surface area (Å²) < 4.78 is 19.3. The standard InChI is InChI=1S/C24H31FN4O.HI/c1-26-24(29-15-13-28(14-16-29)22-11-9-21(25)10-12-22)27-18-20-8-5-17-30-23(20)19-6-3-2-4-7-19;/h2-4,6-7,9-12,20,23H,5,8,13-18H2,1H3,(H,26,27);1H. The van der Waals surface area contributed by atoms with E-state index in [1.165, 1.54) is 17.7 Å². The van der Waals surface area contributed by atoms with Crippen LogP contribution in [0.2, 0.25) is 0 Å². The Balaban J connectivity index is 0.00000272. The Morgan fingerprint density at radius 1 is 1.06 bits per heavy atom. The third kappa shape index (κ3) is 6.10. The molecule has 0 saturated carbocycles. The van der Waals surface area contributed by atoms with Crippen molar-refractivity contribution < 1.29 is 9.13 Å². The SMILES string of the molecule is CN=C(NCC1CCCOC1c1ccccc1)N1CCN(c2ccc(F)cc2)CC1.I. The minimum absolute atomic E-state index is 0. The lowest BCUT2D eigenvalue weighted by Gasteiger charge is -2.38. The number of piperazine rings is 1. The number of rotatable bonds is 4. The van der Waals surface area contributed by atoms with Crippen LogP contribution in [-0.2, 0) is 4.74 Å². The highest BCUT2D eigenvalue weighted by molar-refractivity contribution is 14.0. The molecule has 1 N–H and O–H groups in total. The molecule has 0 aromatic heterocycles. The van der Waals surface area contributed by atoms with Crippen LogP contribution in [0.5, 0.6) is 0 Å². The van der Waals surface area contributed by atoms with Crippen LogP contribution in [0, 0.1) is 11.7 Å². The Hall–Kier alpha value is -1.87. The van der Waals surface area contributed by atoms with Crippen LogP contribution >= 0.6 is 24.0 Å². The largest absolute Gasteiger partial charge is 0.373 e. The maximum absolute atomic E-state index is 13.2. The molecule has 0 aliphatic carbocycles. The van der Waals surface area contributed by atoms with E-state index >= 15 is 0 Å². The molecule has 0 bridgehead atoms. The monoisotopic (exact) mass is 538 g/mol. The number of benzene rings is 2. The molecule has 2 unspecified atom stereocenters. The lowest BCUT2D eigenvalue weighted by Crippen LogP contribution is -2.53. The van der Waals surface area contributed by atoms with Gasteiger partial charge in [0.25, 0.3) is 0 Å². The van der Waals surface area contributed by atoms with Gasteiger partial charge in [-0.25, -0.2) is 4.39 Å². The lowest BCUT2D eigenvalue weighted by atomic mass is 9.89. The zero-order valence-corrected chi connectivity index (χ0v) is 20.4. The molecule has 2 heterocycles. The number of halogens is 2. The van der Waals surface area contributed by atoms with E-state index in [0.717, 1.165) is 63.8 Å². The van der Waals surface area contributed by atoms with E-state index in [1.54, 1.807) is 0 Å². The van der Waals surface area contributed by atoms with Gasteiger partial charge in [-0.2, -0.15) is 0 Å². The number of guanidine groups is 1. The van der Waals surface area contributed by atoms with E-state index in [1.807, 2.05) is 25.2 Å². The molecule has 2 aliphatic heterocycles. The molecule has 2 aromatic rings. The topological polar surface area (TPSA) is 40.1 Å². The zero-order valence-electron chi connectivity index (χ0n) is 18.0. The first kappa shape index (κ1) is 23.8. The molecule has 31 heavy (non-hydrogen) atoms. The van der Waals surface area contributed by atoms with Gasteiger partial charge in [0.1, 0.15) is 5.82 Å². The van der Waals surface area contributed by atoms with Gasteiger partial charge in [0.2, 0.25) is 0 Å². The minimum Gasteiger partial charge on any atom is -0.373 e. The third-order valence-corrected chi connectivity index (χ3v) is 6.08. The van der Waals surface area contributed by atoms with Gasteiger partial charge in [-0.15, -0.1) is 24.0 Å². The van der Waals surface area contributed by atoms with E-state index in [0.29, 0.717) is 5.92 Å². The van der Waals surface area contributed by atoms with Gasteiger partial charge < -0.3 is 19.9 Å². The van der Waals surface area contributed by atoms with Gasteiger partial charge in [-0.1, -0.05) is 30.3 Å². The second-order valence-electron chi connectivity index (χ2n) is 7.98. The Bertz CT molecular complexity index is 825. The molecule has 7 heteroatoms. The predicted molar refractivity (Wildman–Crippen MR) is 135 cm³/mol. The van der Waals surface area contributed by atoms with Crippen molar-refractivity contribution in [3.63, 3.8) is 0 Å². The first-order chi connectivity index (χ1) is 14.7. The van der Waals surface area contributed by atoms with Crippen molar-refractivity contribution in [2.75, 3.05) is 51.3 Å². The fraction of sp³-hybridized carbons (Fsp3) is 0.458. The molecule has 0 spiro atoms. The number of ether oxygens (including phenoxy) is 1. The molecule has 2 aromatic carbocycles. The van der Waals surface area contributed by atoms with Crippen molar-refractivity contribution in [1.29, 1.82) is 0 Å². The quantitative estimate of drug-likeness (QED) is 0.358. The fourth-order valence-corrected chi connectivity index (χ4v) is 4.45. The van der Waals surface area contributed by atoms with E-state index in [-0.39, 0.29) is 35.9 Å². The van der Waals surface area contributed by atoms with Crippen LogP contribution in [0.4, 0.5) is 10.1 Å². The highest BCUT2D eigenvalue weighted by Crippen LogP contribution is 2.33. The Morgan fingerprint density at radius 2 is 1.77 bits per heavy atom.